The average Bonchev–Trinajstić information content (AvgIpc) is 2.28. The van der Waals surface area contributed by atoms with Gasteiger partial charge >= 0.3 is 0 Å². The van der Waals surface area contributed by atoms with E-state index >= 15 is 0 Å². The van der Waals surface area contributed by atoms with Crippen LogP contribution in [0, 0.1) is 5.92 Å². The number of sulfone groups is 1. The zero-order chi connectivity index (χ0) is 14.5. The van der Waals surface area contributed by atoms with Gasteiger partial charge in [-0.2, -0.15) is 0 Å². The van der Waals surface area contributed by atoms with Gasteiger partial charge in [-0.15, -0.1) is 0 Å². The Kier molecular flexibility index (Phi) is 5.35. The van der Waals surface area contributed by atoms with E-state index in [1.165, 1.54) is 0 Å². The van der Waals surface area contributed by atoms with Crippen LogP contribution < -0.4 is 11.1 Å². The molecule has 106 valence electrons. The van der Waals surface area contributed by atoms with Crippen LogP contribution in [0.5, 0.6) is 0 Å². The second-order valence-corrected chi connectivity index (χ2v) is 7.16. The molecule has 0 saturated carbocycles. The maximum atomic E-state index is 11.6. The van der Waals surface area contributed by atoms with E-state index in [-0.39, 0.29) is 29.8 Å². The van der Waals surface area contributed by atoms with Crippen molar-refractivity contribution in [2.24, 2.45) is 5.92 Å². The molecule has 3 N–H and O–H groups in total. The van der Waals surface area contributed by atoms with Crippen molar-refractivity contribution in [1.82, 2.24) is 0 Å². The summed E-state index contributed by atoms with van der Waals surface area (Å²) in [6.45, 7) is 3.68. The van der Waals surface area contributed by atoms with Crippen LogP contribution >= 0.6 is 0 Å². The Morgan fingerprint density at radius 1 is 1.26 bits per heavy atom. The molecule has 0 heterocycles. The third-order valence-corrected chi connectivity index (χ3v) is 4.42. The molecule has 6 heteroatoms. The van der Waals surface area contributed by atoms with E-state index in [4.69, 9.17) is 5.73 Å². The monoisotopic (exact) mass is 284 g/mol. The van der Waals surface area contributed by atoms with Crippen molar-refractivity contribution in [3.8, 4) is 0 Å². The van der Waals surface area contributed by atoms with Crippen LogP contribution in [0.25, 0.3) is 0 Å². The molecule has 1 rings (SSSR count). The van der Waals surface area contributed by atoms with Gasteiger partial charge in [-0.3, -0.25) is 4.79 Å². The van der Waals surface area contributed by atoms with Gasteiger partial charge in [0, 0.05) is 17.8 Å². The first-order chi connectivity index (χ1) is 8.78. The lowest BCUT2D eigenvalue weighted by atomic mass is 10.3. The molecule has 0 fully saturated rings. The van der Waals surface area contributed by atoms with Crippen LogP contribution in [0.3, 0.4) is 0 Å². The normalized spacial score (nSPS) is 11.5. The molecule has 0 radical (unpaired) electrons. The summed E-state index contributed by atoms with van der Waals surface area (Å²) in [7, 11) is -3.16. The van der Waals surface area contributed by atoms with Crippen molar-refractivity contribution >= 4 is 27.1 Å². The van der Waals surface area contributed by atoms with Crippen molar-refractivity contribution in [2.45, 2.75) is 20.3 Å². The topological polar surface area (TPSA) is 89.3 Å². The summed E-state index contributed by atoms with van der Waals surface area (Å²) in [6.07, 6.45) is -0.0283. The minimum absolute atomic E-state index is 0.0283. The third kappa shape index (κ3) is 6.24. The van der Waals surface area contributed by atoms with Gasteiger partial charge in [0.1, 0.15) is 0 Å². The van der Waals surface area contributed by atoms with E-state index in [2.05, 4.69) is 5.32 Å². The molecule has 0 unspecified atom stereocenters. The average molecular weight is 284 g/mol. The molecule has 5 nitrogen and oxygen atoms in total. The second kappa shape index (κ2) is 6.56. The molecule has 1 amide bonds. The minimum Gasteiger partial charge on any atom is -0.399 e. The lowest BCUT2D eigenvalue weighted by Crippen LogP contribution is -2.20. The van der Waals surface area contributed by atoms with Crippen molar-refractivity contribution in [3.05, 3.63) is 24.3 Å². The molecule has 19 heavy (non-hydrogen) atoms. The first-order valence-corrected chi connectivity index (χ1v) is 7.96. The van der Waals surface area contributed by atoms with Gasteiger partial charge < -0.3 is 11.1 Å². The first kappa shape index (κ1) is 15.5. The molecule has 0 aromatic heterocycles. The highest BCUT2D eigenvalue weighted by Crippen LogP contribution is 2.11. The van der Waals surface area contributed by atoms with Gasteiger partial charge in [-0.25, -0.2) is 8.42 Å². The highest BCUT2D eigenvalue weighted by molar-refractivity contribution is 7.91. The number of hydrogen-bond donors (Lipinski definition) is 2. The van der Waals surface area contributed by atoms with Crippen LogP contribution in [-0.4, -0.2) is 25.8 Å². The number of rotatable bonds is 6. The van der Waals surface area contributed by atoms with E-state index in [0.717, 1.165) is 0 Å². The van der Waals surface area contributed by atoms with E-state index in [0.29, 0.717) is 11.4 Å². The van der Waals surface area contributed by atoms with Gasteiger partial charge in [-0.05, 0) is 30.2 Å². The van der Waals surface area contributed by atoms with E-state index in [1.807, 2.05) is 13.8 Å². The van der Waals surface area contributed by atoms with Crippen LogP contribution in [0.4, 0.5) is 11.4 Å². The number of anilines is 2. The Morgan fingerprint density at radius 3 is 2.37 bits per heavy atom. The zero-order valence-electron chi connectivity index (χ0n) is 11.2. The number of nitrogens with two attached hydrogens (primary N) is 1. The summed E-state index contributed by atoms with van der Waals surface area (Å²) >= 11 is 0. The molecule has 0 atom stereocenters. The Balaban J connectivity index is 2.46. The molecule has 1 aromatic rings. The fraction of sp³-hybridized carbons (Fsp3) is 0.462. The summed E-state index contributed by atoms with van der Waals surface area (Å²) < 4.78 is 23.3. The number of carbonyl (C=O) groups is 1. The minimum atomic E-state index is -3.16. The number of hydrogen-bond acceptors (Lipinski definition) is 4. The van der Waals surface area contributed by atoms with E-state index in [9.17, 15) is 13.2 Å². The molecular weight excluding hydrogens is 264 g/mol. The molecule has 0 aliphatic carbocycles. The van der Waals surface area contributed by atoms with Gasteiger partial charge in [0.05, 0.1) is 11.5 Å². The van der Waals surface area contributed by atoms with Crippen LogP contribution in [0.2, 0.25) is 0 Å². The lowest BCUT2D eigenvalue weighted by molar-refractivity contribution is -0.115. The fourth-order valence-electron chi connectivity index (χ4n) is 1.63. The Hall–Kier alpha value is -1.56. The maximum absolute atomic E-state index is 11.6. The number of nitrogens with one attached hydrogen (secondary N) is 1. The highest BCUT2D eigenvalue weighted by atomic mass is 32.2. The molecule has 0 bridgehead atoms. The zero-order valence-corrected chi connectivity index (χ0v) is 12.0. The molecule has 0 aliphatic rings. The van der Waals surface area contributed by atoms with E-state index in [1.54, 1.807) is 24.3 Å². The standard InChI is InChI=1S/C13H20N2O3S/c1-10(2)9-19(17,18)8-7-13(16)15-12-5-3-11(14)4-6-12/h3-6,10H,7-9,14H2,1-2H3,(H,15,16). The Bertz CT molecular complexity index is 521. The van der Waals surface area contributed by atoms with Crippen molar-refractivity contribution in [3.63, 3.8) is 0 Å². The summed E-state index contributed by atoms with van der Waals surface area (Å²) in [4.78, 5) is 11.6. The largest absolute Gasteiger partial charge is 0.399 e. The smallest absolute Gasteiger partial charge is 0.225 e. The highest BCUT2D eigenvalue weighted by Gasteiger charge is 2.15. The quantitative estimate of drug-likeness (QED) is 0.778. The number of carbonyl (C=O) groups excluding carboxylic acids is 1. The maximum Gasteiger partial charge on any atom is 0.225 e. The summed E-state index contributed by atoms with van der Waals surface area (Å²) in [5.41, 5.74) is 6.75. The van der Waals surface area contributed by atoms with Crippen LogP contribution in [0.1, 0.15) is 20.3 Å². The van der Waals surface area contributed by atoms with Crippen molar-refractivity contribution in [1.29, 1.82) is 0 Å². The Morgan fingerprint density at radius 2 is 1.84 bits per heavy atom. The number of benzene rings is 1. The van der Waals surface area contributed by atoms with Crippen molar-refractivity contribution in [2.75, 3.05) is 22.6 Å². The second-order valence-electron chi connectivity index (χ2n) is 4.93. The van der Waals surface area contributed by atoms with E-state index < -0.39 is 9.84 Å². The molecular formula is C13H20N2O3S. The summed E-state index contributed by atoms with van der Waals surface area (Å²) in [5, 5.41) is 2.64. The molecule has 1 aromatic carbocycles. The molecule has 0 aliphatic heterocycles. The third-order valence-electron chi connectivity index (χ3n) is 2.42. The predicted molar refractivity (Wildman–Crippen MR) is 77.6 cm³/mol. The predicted octanol–water partition coefficient (Wildman–Crippen LogP) is 1.67. The first-order valence-electron chi connectivity index (χ1n) is 6.14. The number of nitrogen functional groups attached to an aromatic ring is 1. The molecule has 0 saturated heterocycles. The SMILES string of the molecule is CC(C)CS(=O)(=O)CCC(=O)Nc1ccc(N)cc1. The molecule has 0 spiro atoms. The fourth-order valence-corrected chi connectivity index (χ4v) is 3.31. The summed E-state index contributed by atoms with van der Waals surface area (Å²) in [5.74, 6) is -0.240. The van der Waals surface area contributed by atoms with Crippen LogP contribution in [0.15, 0.2) is 24.3 Å². The van der Waals surface area contributed by atoms with Gasteiger partial charge in [0.2, 0.25) is 5.91 Å². The Labute approximate surface area is 114 Å². The van der Waals surface area contributed by atoms with Gasteiger partial charge in [0.15, 0.2) is 9.84 Å². The lowest BCUT2D eigenvalue weighted by Gasteiger charge is -2.08. The van der Waals surface area contributed by atoms with Crippen molar-refractivity contribution < 1.29 is 13.2 Å². The van der Waals surface area contributed by atoms with Gasteiger partial charge in [0.25, 0.3) is 0 Å². The number of amides is 1. The van der Waals surface area contributed by atoms with Crippen LogP contribution in [-0.2, 0) is 14.6 Å². The summed E-state index contributed by atoms with van der Waals surface area (Å²) in [6, 6.07) is 6.70. The van der Waals surface area contributed by atoms with Gasteiger partial charge in [-0.1, -0.05) is 13.8 Å².